The molecule has 110 valence electrons. The molecule has 1 rings (SSSR count). The van der Waals surface area contributed by atoms with Gasteiger partial charge in [-0.3, -0.25) is 14.5 Å². The molecule has 1 unspecified atom stereocenters. The smallest absolute Gasteiger partial charge is 0.223 e. The van der Waals surface area contributed by atoms with E-state index in [1.807, 2.05) is 11.8 Å². The fourth-order valence-corrected chi connectivity index (χ4v) is 2.17. The summed E-state index contributed by atoms with van der Waals surface area (Å²) >= 11 is 11.7. The maximum absolute atomic E-state index is 12.1. The van der Waals surface area contributed by atoms with Gasteiger partial charge in [-0.15, -0.1) is 0 Å². The molecule has 1 aromatic carbocycles. The Balaban J connectivity index is 2.61. The first-order chi connectivity index (χ1) is 9.35. The van der Waals surface area contributed by atoms with Gasteiger partial charge in [-0.2, -0.15) is 0 Å². The van der Waals surface area contributed by atoms with E-state index in [4.69, 9.17) is 23.2 Å². The number of Topliss-reactive ketones (excluding diaryl/α,β-unsaturated/α-hetero) is 1. The average molecular weight is 317 g/mol. The first-order valence-corrected chi connectivity index (χ1v) is 6.99. The highest BCUT2D eigenvalue weighted by atomic mass is 35.5. The van der Waals surface area contributed by atoms with E-state index in [0.717, 1.165) is 0 Å². The zero-order chi connectivity index (χ0) is 15.3. The van der Waals surface area contributed by atoms with Crippen molar-refractivity contribution < 1.29 is 9.59 Å². The van der Waals surface area contributed by atoms with E-state index in [9.17, 15) is 9.59 Å². The van der Waals surface area contributed by atoms with Gasteiger partial charge in [0.1, 0.15) is 0 Å². The SMILES string of the molecule is CNC(=O)C(C)CN(C)CC(=O)c1ccc(Cl)c(Cl)c1. The van der Waals surface area contributed by atoms with E-state index in [1.54, 1.807) is 32.3 Å². The summed E-state index contributed by atoms with van der Waals surface area (Å²) in [7, 11) is 3.40. The normalized spacial score (nSPS) is 12.3. The van der Waals surface area contributed by atoms with Crippen LogP contribution in [-0.4, -0.2) is 43.8 Å². The maximum atomic E-state index is 12.1. The van der Waals surface area contributed by atoms with Crippen LogP contribution in [0.5, 0.6) is 0 Å². The minimum atomic E-state index is -0.174. The zero-order valence-corrected chi connectivity index (χ0v) is 13.3. The van der Waals surface area contributed by atoms with Crippen molar-refractivity contribution in [3.05, 3.63) is 33.8 Å². The lowest BCUT2D eigenvalue weighted by Gasteiger charge is -2.19. The number of benzene rings is 1. The van der Waals surface area contributed by atoms with E-state index in [-0.39, 0.29) is 24.2 Å². The zero-order valence-electron chi connectivity index (χ0n) is 11.7. The van der Waals surface area contributed by atoms with Crippen molar-refractivity contribution in [2.24, 2.45) is 5.92 Å². The maximum Gasteiger partial charge on any atom is 0.223 e. The van der Waals surface area contributed by atoms with Gasteiger partial charge in [0.25, 0.3) is 0 Å². The average Bonchev–Trinajstić information content (AvgIpc) is 2.40. The van der Waals surface area contributed by atoms with Gasteiger partial charge in [0.2, 0.25) is 5.91 Å². The molecule has 1 N–H and O–H groups in total. The van der Waals surface area contributed by atoms with Crippen molar-refractivity contribution >= 4 is 34.9 Å². The summed E-state index contributed by atoms with van der Waals surface area (Å²) in [6.45, 7) is 2.55. The number of ketones is 1. The number of nitrogens with one attached hydrogen (secondary N) is 1. The van der Waals surface area contributed by atoms with E-state index in [2.05, 4.69) is 5.32 Å². The van der Waals surface area contributed by atoms with Gasteiger partial charge < -0.3 is 5.32 Å². The third-order valence-electron chi connectivity index (χ3n) is 2.93. The molecular weight excluding hydrogens is 299 g/mol. The monoisotopic (exact) mass is 316 g/mol. The van der Waals surface area contributed by atoms with Crippen molar-refractivity contribution in [3.63, 3.8) is 0 Å². The quantitative estimate of drug-likeness (QED) is 0.820. The van der Waals surface area contributed by atoms with Gasteiger partial charge in [-0.25, -0.2) is 0 Å². The topological polar surface area (TPSA) is 49.4 Å². The van der Waals surface area contributed by atoms with Crippen molar-refractivity contribution in [3.8, 4) is 0 Å². The summed E-state index contributed by atoms with van der Waals surface area (Å²) < 4.78 is 0. The van der Waals surface area contributed by atoms with Gasteiger partial charge >= 0.3 is 0 Å². The molecule has 0 aromatic heterocycles. The van der Waals surface area contributed by atoms with Crippen LogP contribution in [0.3, 0.4) is 0 Å². The summed E-state index contributed by atoms with van der Waals surface area (Å²) in [6.07, 6.45) is 0. The van der Waals surface area contributed by atoms with Crippen LogP contribution in [0.15, 0.2) is 18.2 Å². The van der Waals surface area contributed by atoms with E-state index >= 15 is 0 Å². The van der Waals surface area contributed by atoms with Gasteiger partial charge in [0, 0.05) is 25.1 Å². The fraction of sp³-hybridized carbons (Fsp3) is 0.429. The van der Waals surface area contributed by atoms with E-state index < -0.39 is 0 Å². The van der Waals surface area contributed by atoms with Crippen LogP contribution in [0.2, 0.25) is 10.0 Å². The number of rotatable bonds is 6. The second-order valence-electron chi connectivity index (χ2n) is 4.76. The molecule has 0 saturated carbocycles. The molecule has 0 spiro atoms. The second kappa shape index (κ2) is 7.62. The number of carbonyl (C=O) groups excluding carboxylic acids is 2. The number of carbonyl (C=O) groups is 2. The molecule has 0 radical (unpaired) electrons. The Hall–Kier alpha value is -1.10. The molecule has 0 aliphatic rings. The number of hydrogen-bond acceptors (Lipinski definition) is 3. The highest BCUT2D eigenvalue weighted by Crippen LogP contribution is 2.22. The second-order valence-corrected chi connectivity index (χ2v) is 5.58. The molecule has 1 atom stereocenters. The molecule has 6 heteroatoms. The van der Waals surface area contributed by atoms with Crippen LogP contribution in [0, 0.1) is 5.92 Å². The Morgan fingerprint density at radius 1 is 1.30 bits per heavy atom. The van der Waals surface area contributed by atoms with E-state index in [0.29, 0.717) is 22.2 Å². The minimum absolute atomic E-state index is 0.0427. The van der Waals surface area contributed by atoms with Crippen LogP contribution in [0.25, 0.3) is 0 Å². The van der Waals surface area contributed by atoms with E-state index in [1.165, 1.54) is 0 Å². The predicted molar refractivity (Wildman–Crippen MR) is 81.5 cm³/mol. The molecular formula is C14H18Cl2N2O2. The number of hydrogen-bond donors (Lipinski definition) is 1. The van der Waals surface area contributed by atoms with Crippen LogP contribution < -0.4 is 5.32 Å². The van der Waals surface area contributed by atoms with Gasteiger partial charge in [-0.1, -0.05) is 30.1 Å². The molecule has 4 nitrogen and oxygen atoms in total. The third-order valence-corrected chi connectivity index (χ3v) is 3.67. The lowest BCUT2D eigenvalue weighted by Crippen LogP contribution is -2.36. The van der Waals surface area contributed by atoms with Crippen LogP contribution in [0.4, 0.5) is 0 Å². The molecule has 20 heavy (non-hydrogen) atoms. The molecule has 1 amide bonds. The van der Waals surface area contributed by atoms with Crippen molar-refractivity contribution in [1.29, 1.82) is 0 Å². The molecule has 0 aliphatic carbocycles. The Morgan fingerprint density at radius 3 is 2.50 bits per heavy atom. The summed E-state index contributed by atoms with van der Waals surface area (Å²) in [6, 6.07) is 4.80. The highest BCUT2D eigenvalue weighted by Gasteiger charge is 2.16. The summed E-state index contributed by atoms with van der Waals surface area (Å²) in [5.41, 5.74) is 0.513. The first-order valence-electron chi connectivity index (χ1n) is 6.23. The largest absolute Gasteiger partial charge is 0.359 e. The Kier molecular flexibility index (Phi) is 6.46. The summed E-state index contributed by atoms with van der Waals surface area (Å²) in [4.78, 5) is 25.3. The van der Waals surface area contributed by atoms with Gasteiger partial charge in [-0.05, 0) is 25.2 Å². The van der Waals surface area contributed by atoms with Crippen LogP contribution in [0.1, 0.15) is 17.3 Å². The molecule has 0 saturated heterocycles. The predicted octanol–water partition coefficient (Wildman–Crippen LogP) is 2.49. The highest BCUT2D eigenvalue weighted by molar-refractivity contribution is 6.42. The third kappa shape index (κ3) is 4.78. The fourth-order valence-electron chi connectivity index (χ4n) is 1.87. The number of halogens is 2. The lowest BCUT2D eigenvalue weighted by molar-refractivity contribution is -0.124. The number of likely N-dealkylation sites (N-methyl/N-ethyl adjacent to an activating group) is 1. The minimum Gasteiger partial charge on any atom is -0.359 e. The van der Waals surface area contributed by atoms with Gasteiger partial charge in [0.15, 0.2) is 5.78 Å². The summed E-state index contributed by atoms with van der Waals surface area (Å²) in [5.74, 6) is -0.277. The molecule has 0 bridgehead atoms. The molecule has 0 heterocycles. The standard InChI is InChI=1S/C14H18Cl2N2O2/c1-9(14(20)17-2)7-18(3)8-13(19)10-4-5-11(15)12(16)6-10/h4-6,9H,7-8H2,1-3H3,(H,17,20). The first kappa shape index (κ1) is 17.0. The van der Waals surface area contributed by atoms with Crippen LogP contribution in [-0.2, 0) is 4.79 Å². The van der Waals surface area contributed by atoms with Crippen molar-refractivity contribution in [2.75, 3.05) is 27.2 Å². The lowest BCUT2D eigenvalue weighted by atomic mass is 10.1. The number of amides is 1. The Labute approximate surface area is 129 Å². The summed E-state index contributed by atoms with van der Waals surface area (Å²) in [5, 5.41) is 3.37. The van der Waals surface area contributed by atoms with Crippen molar-refractivity contribution in [1.82, 2.24) is 10.2 Å². The van der Waals surface area contributed by atoms with Crippen molar-refractivity contribution in [2.45, 2.75) is 6.92 Å². The molecule has 0 fully saturated rings. The molecule has 1 aromatic rings. The number of nitrogens with zero attached hydrogens (tertiary/aromatic N) is 1. The van der Waals surface area contributed by atoms with Crippen LogP contribution >= 0.6 is 23.2 Å². The Bertz CT molecular complexity index is 506. The molecule has 0 aliphatic heterocycles. The Morgan fingerprint density at radius 2 is 1.95 bits per heavy atom. The van der Waals surface area contributed by atoms with Gasteiger partial charge in [0.05, 0.1) is 16.6 Å².